The summed E-state index contributed by atoms with van der Waals surface area (Å²) in [6.45, 7) is 1.65. The van der Waals surface area contributed by atoms with E-state index < -0.39 is 21.0 Å². The second-order valence-corrected chi connectivity index (χ2v) is 7.67. The van der Waals surface area contributed by atoms with Crippen molar-refractivity contribution in [2.75, 3.05) is 18.2 Å². The predicted octanol–water partition coefficient (Wildman–Crippen LogP) is 1.71. The van der Waals surface area contributed by atoms with Crippen LogP contribution in [0.5, 0.6) is 0 Å². The summed E-state index contributed by atoms with van der Waals surface area (Å²) >= 11 is 6.10. The lowest BCUT2D eigenvalue weighted by atomic mass is 10.3. The highest BCUT2D eigenvalue weighted by Gasteiger charge is 2.31. The third-order valence-electron chi connectivity index (χ3n) is 3.42. The van der Waals surface area contributed by atoms with E-state index in [4.69, 9.17) is 11.6 Å². The first-order valence-electron chi connectivity index (χ1n) is 6.87. The fourth-order valence-electron chi connectivity index (χ4n) is 2.19. The van der Waals surface area contributed by atoms with Crippen LogP contribution in [0.25, 0.3) is 5.69 Å². The Morgan fingerprint density at radius 3 is 2.70 bits per heavy atom. The summed E-state index contributed by atoms with van der Waals surface area (Å²) in [7, 11) is -2.02. The van der Waals surface area contributed by atoms with E-state index in [2.05, 4.69) is 10.1 Å². The van der Waals surface area contributed by atoms with Gasteiger partial charge in [-0.3, -0.25) is 9.78 Å². The molecule has 0 saturated carbocycles. The van der Waals surface area contributed by atoms with E-state index in [-0.39, 0.29) is 11.6 Å². The van der Waals surface area contributed by atoms with Gasteiger partial charge in [-0.05, 0) is 18.6 Å². The predicted molar refractivity (Wildman–Crippen MR) is 88.7 cm³/mol. The summed E-state index contributed by atoms with van der Waals surface area (Å²) in [5.74, 6) is -0.539. The zero-order valence-electron chi connectivity index (χ0n) is 13.0. The molecule has 0 aliphatic rings. The molecule has 0 aliphatic carbocycles. The number of halogens is 1. The molecule has 1 amide bonds. The molecule has 0 fully saturated rings. The van der Waals surface area contributed by atoms with E-state index in [0.717, 1.165) is 6.26 Å². The van der Waals surface area contributed by atoms with Crippen LogP contribution in [0.3, 0.4) is 0 Å². The molecule has 23 heavy (non-hydrogen) atoms. The lowest BCUT2D eigenvalue weighted by Gasteiger charge is -2.20. The fourth-order valence-corrected chi connectivity index (χ4v) is 3.57. The first-order chi connectivity index (χ1) is 10.8. The van der Waals surface area contributed by atoms with Gasteiger partial charge in [0, 0.05) is 19.5 Å². The van der Waals surface area contributed by atoms with E-state index in [0.29, 0.717) is 11.4 Å². The largest absolute Gasteiger partial charge is 0.310 e. The molecule has 0 radical (unpaired) electrons. The Hall–Kier alpha value is -1.93. The summed E-state index contributed by atoms with van der Waals surface area (Å²) in [5, 5.41) is 3.13. The minimum absolute atomic E-state index is 0.105. The quantitative estimate of drug-likeness (QED) is 0.814. The number of anilines is 1. The van der Waals surface area contributed by atoms with Gasteiger partial charge >= 0.3 is 0 Å². The number of amides is 1. The van der Waals surface area contributed by atoms with Crippen LogP contribution in [0.2, 0.25) is 5.15 Å². The maximum absolute atomic E-state index is 12.5. The third-order valence-corrected chi connectivity index (χ3v) is 5.25. The van der Waals surface area contributed by atoms with Gasteiger partial charge in [-0.1, -0.05) is 18.5 Å². The number of hydrogen-bond donors (Lipinski definition) is 0. The Morgan fingerprint density at radius 1 is 1.48 bits per heavy atom. The van der Waals surface area contributed by atoms with Crippen molar-refractivity contribution in [1.29, 1.82) is 0 Å². The highest BCUT2D eigenvalue weighted by molar-refractivity contribution is 7.92. The van der Waals surface area contributed by atoms with Crippen molar-refractivity contribution in [2.24, 2.45) is 0 Å². The molecule has 0 spiro atoms. The van der Waals surface area contributed by atoms with Crippen molar-refractivity contribution in [3.63, 3.8) is 0 Å². The molecule has 9 heteroatoms. The van der Waals surface area contributed by atoms with Gasteiger partial charge in [0.05, 0.1) is 18.1 Å². The van der Waals surface area contributed by atoms with Gasteiger partial charge in [0.15, 0.2) is 15.0 Å². The second-order valence-electron chi connectivity index (χ2n) is 5.08. The normalized spacial score (nSPS) is 12.9. The number of carbonyl (C=O) groups is 1. The van der Waals surface area contributed by atoms with Gasteiger partial charge in [0.1, 0.15) is 10.9 Å². The van der Waals surface area contributed by atoms with Crippen molar-refractivity contribution in [3.8, 4) is 5.69 Å². The number of carbonyl (C=O) groups excluding carboxylic acids is 1. The molecular formula is C14H17ClN4O3S. The van der Waals surface area contributed by atoms with Crippen LogP contribution in [0.1, 0.15) is 13.3 Å². The SMILES string of the molecule is CCC(C(=O)N(C)c1cn(-c2cccnc2)nc1Cl)S(C)(=O)=O. The average Bonchev–Trinajstić information content (AvgIpc) is 2.88. The van der Waals surface area contributed by atoms with Gasteiger partial charge < -0.3 is 4.90 Å². The second kappa shape index (κ2) is 6.67. The molecule has 0 saturated heterocycles. The Morgan fingerprint density at radius 2 is 2.17 bits per heavy atom. The van der Waals surface area contributed by atoms with Crippen molar-refractivity contribution in [2.45, 2.75) is 18.6 Å². The summed E-state index contributed by atoms with van der Waals surface area (Å²) in [6, 6.07) is 3.53. The molecule has 0 aromatic carbocycles. The van der Waals surface area contributed by atoms with Crippen LogP contribution in [-0.2, 0) is 14.6 Å². The number of hydrogen-bond acceptors (Lipinski definition) is 5. The Labute approximate surface area is 139 Å². The number of aromatic nitrogens is 3. The summed E-state index contributed by atoms with van der Waals surface area (Å²) in [6.07, 6.45) is 6.03. The highest BCUT2D eigenvalue weighted by atomic mass is 35.5. The van der Waals surface area contributed by atoms with Crippen LogP contribution in [0.4, 0.5) is 5.69 Å². The van der Waals surface area contributed by atoms with E-state index in [1.165, 1.54) is 16.6 Å². The minimum Gasteiger partial charge on any atom is -0.310 e. The number of rotatable bonds is 5. The van der Waals surface area contributed by atoms with E-state index in [9.17, 15) is 13.2 Å². The summed E-state index contributed by atoms with van der Waals surface area (Å²) < 4.78 is 25.0. The topological polar surface area (TPSA) is 85.2 Å². The molecule has 0 N–H and O–H groups in total. The molecule has 124 valence electrons. The maximum atomic E-state index is 12.5. The average molecular weight is 357 g/mol. The van der Waals surface area contributed by atoms with Crippen molar-refractivity contribution in [1.82, 2.24) is 14.8 Å². The molecule has 0 bridgehead atoms. The summed E-state index contributed by atoms with van der Waals surface area (Å²) in [5.41, 5.74) is 1.01. The van der Waals surface area contributed by atoms with E-state index in [1.54, 1.807) is 37.6 Å². The van der Waals surface area contributed by atoms with Crippen LogP contribution in [-0.4, -0.2) is 47.6 Å². The Bertz CT molecular complexity index is 805. The standard InChI is InChI=1S/C14H17ClN4O3S/c1-4-12(23(3,21)22)14(20)18(2)11-9-19(17-13(11)15)10-6-5-7-16-8-10/h5-9,12H,4H2,1-3H3. The first-order valence-corrected chi connectivity index (χ1v) is 9.21. The molecule has 2 aromatic heterocycles. The lowest BCUT2D eigenvalue weighted by Crippen LogP contribution is -2.40. The molecular weight excluding hydrogens is 340 g/mol. The Balaban J connectivity index is 2.35. The van der Waals surface area contributed by atoms with Crippen molar-refractivity contribution < 1.29 is 13.2 Å². The molecule has 1 atom stereocenters. The smallest absolute Gasteiger partial charge is 0.245 e. The molecule has 2 heterocycles. The molecule has 2 aromatic rings. The third kappa shape index (κ3) is 3.70. The van der Waals surface area contributed by atoms with Gasteiger partial charge in [0.2, 0.25) is 5.91 Å². The van der Waals surface area contributed by atoms with Crippen LogP contribution >= 0.6 is 11.6 Å². The fraction of sp³-hybridized carbons (Fsp3) is 0.357. The zero-order chi connectivity index (χ0) is 17.2. The van der Waals surface area contributed by atoms with Gasteiger partial charge in [-0.15, -0.1) is 0 Å². The lowest BCUT2D eigenvalue weighted by molar-refractivity contribution is -0.118. The van der Waals surface area contributed by atoms with E-state index >= 15 is 0 Å². The minimum atomic E-state index is -3.50. The summed E-state index contributed by atoms with van der Waals surface area (Å²) in [4.78, 5) is 17.7. The zero-order valence-corrected chi connectivity index (χ0v) is 14.5. The molecule has 0 aliphatic heterocycles. The van der Waals surface area contributed by atoms with Gasteiger partial charge in [-0.2, -0.15) is 5.10 Å². The van der Waals surface area contributed by atoms with Crippen LogP contribution in [0.15, 0.2) is 30.7 Å². The van der Waals surface area contributed by atoms with Gasteiger partial charge in [-0.25, -0.2) is 13.1 Å². The van der Waals surface area contributed by atoms with E-state index in [1.807, 2.05) is 0 Å². The number of nitrogens with zero attached hydrogens (tertiary/aromatic N) is 4. The molecule has 1 unspecified atom stereocenters. The van der Waals surface area contributed by atoms with Crippen LogP contribution in [0, 0.1) is 0 Å². The van der Waals surface area contributed by atoms with Gasteiger partial charge in [0.25, 0.3) is 0 Å². The molecule has 7 nitrogen and oxygen atoms in total. The molecule has 2 rings (SSSR count). The maximum Gasteiger partial charge on any atom is 0.245 e. The monoisotopic (exact) mass is 356 g/mol. The first kappa shape index (κ1) is 17.4. The Kier molecular flexibility index (Phi) is 5.06. The number of sulfone groups is 1. The van der Waals surface area contributed by atoms with Crippen molar-refractivity contribution in [3.05, 3.63) is 35.9 Å². The number of pyridine rings is 1. The van der Waals surface area contributed by atoms with Crippen LogP contribution < -0.4 is 4.90 Å². The highest BCUT2D eigenvalue weighted by Crippen LogP contribution is 2.26. The van der Waals surface area contributed by atoms with Crippen molar-refractivity contribution >= 4 is 33.0 Å².